The molecule has 2 aliphatic rings. The predicted octanol–water partition coefficient (Wildman–Crippen LogP) is 5.33. The van der Waals surface area contributed by atoms with Crippen LogP contribution < -0.4 is 0 Å². The third-order valence-electron chi connectivity index (χ3n) is 6.97. The number of allylic oxidation sites excluding steroid dienone is 5. The van der Waals surface area contributed by atoms with E-state index in [4.69, 9.17) is 14.2 Å². The van der Waals surface area contributed by atoms with E-state index in [1.165, 1.54) is 32.3 Å². The van der Waals surface area contributed by atoms with Gasteiger partial charge in [-0.15, -0.1) is 0 Å². The molecule has 2 unspecified atom stereocenters. The SMILES string of the molecule is COC1=C(OC)[C@H](OC(C)=O)[C@H](C/C=C(\C)CC/C=C(\C)CC2CC(=O)C(C)C2)[C@@H](C)C1=O. The highest BCUT2D eigenvalue weighted by molar-refractivity contribution is 5.97. The summed E-state index contributed by atoms with van der Waals surface area (Å²) in [6.45, 7) is 9.47. The summed E-state index contributed by atoms with van der Waals surface area (Å²) in [5.41, 5.74) is 2.57. The number of rotatable bonds is 10. The zero-order valence-corrected chi connectivity index (χ0v) is 21.2. The molecule has 0 aromatic heterocycles. The van der Waals surface area contributed by atoms with E-state index in [1.807, 2.05) is 13.8 Å². The summed E-state index contributed by atoms with van der Waals surface area (Å²) < 4.78 is 16.3. The highest BCUT2D eigenvalue weighted by Crippen LogP contribution is 2.37. The Bertz CT molecular complexity index is 834. The number of methoxy groups -OCH3 is 2. The maximum absolute atomic E-state index is 12.8. The van der Waals surface area contributed by atoms with Crippen molar-refractivity contribution in [2.24, 2.45) is 23.7 Å². The third kappa shape index (κ3) is 7.05. The standard InChI is InChI=1S/C27H40O6/c1-16(9-8-10-17(2)13-21-14-18(3)23(29)15-21)11-12-22-19(4)24(30)26(31-6)27(32-7)25(22)33-20(5)28/h10-11,18-19,21-22,25H,8-9,12-15H2,1-7H3/b16-11+,17-10+/t18?,19-,21?,22-,25-/m1/s1. The van der Waals surface area contributed by atoms with E-state index in [0.29, 0.717) is 18.1 Å². The molecule has 0 aromatic rings. The number of esters is 1. The number of hydrogen-bond acceptors (Lipinski definition) is 6. The van der Waals surface area contributed by atoms with Crippen molar-refractivity contribution in [3.8, 4) is 0 Å². The van der Waals surface area contributed by atoms with E-state index in [2.05, 4.69) is 26.0 Å². The van der Waals surface area contributed by atoms with Gasteiger partial charge in [0.25, 0.3) is 0 Å². The van der Waals surface area contributed by atoms with Gasteiger partial charge in [0.05, 0.1) is 14.2 Å². The highest BCUT2D eigenvalue weighted by atomic mass is 16.6. The Morgan fingerprint density at radius 2 is 1.73 bits per heavy atom. The van der Waals surface area contributed by atoms with Gasteiger partial charge in [-0.1, -0.05) is 37.1 Å². The molecule has 1 saturated carbocycles. The summed E-state index contributed by atoms with van der Waals surface area (Å²) in [4.78, 5) is 36.3. The molecular formula is C27H40O6. The Morgan fingerprint density at radius 1 is 1.03 bits per heavy atom. The van der Waals surface area contributed by atoms with Crippen LogP contribution in [0.1, 0.15) is 73.1 Å². The van der Waals surface area contributed by atoms with Gasteiger partial charge in [0.15, 0.2) is 11.9 Å². The normalized spacial score (nSPS) is 28.9. The van der Waals surface area contributed by atoms with E-state index in [1.54, 1.807) is 0 Å². The van der Waals surface area contributed by atoms with Crippen molar-refractivity contribution >= 4 is 17.5 Å². The summed E-state index contributed by atoms with van der Waals surface area (Å²) >= 11 is 0. The monoisotopic (exact) mass is 460 g/mol. The van der Waals surface area contributed by atoms with Gasteiger partial charge in [-0.05, 0) is 51.9 Å². The number of carbonyl (C=O) groups excluding carboxylic acids is 3. The van der Waals surface area contributed by atoms with Gasteiger partial charge in [-0.2, -0.15) is 0 Å². The Balaban J connectivity index is 2.00. The fraction of sp³-hybridized carbons (Fsp3) is 0.667. The third-order valence-corrected chi connectivity index (χ3v) is 6.97. The molecule has 0 aliphatic heterocycles. The van der Waals surface area contributed by atoms with Crippen LogP contribution in [0.15, 0.2) is 34.8 Å². The molecule has 0 aromatic carbocycles. The lowest BCUT2D eigenvalue weighted by Gasteiger charge is -2.35. The van der Waals surface area contributed by atoms with E-state index in [9.17, 15) is 14.4 Å². The smallest absolute Gasteiger partial charge is 0.303 e. The molecule has 0 bridgehead atoms. The second-order valence-electron chi connectivity index (χ2n) is 9.70. The molecule has 5 atom stereocenters. The average Bonchev–Trinajstić information content (AvgIpc) is 3.06. The fourth-order valence-corrected chi connectivity index (χ4v) is 5.05. The van der Waals surface area contributed by atoms with Gasteiger partial charge in [0.1, 0.15) is 5.78 Å². The van der Waals surface area contributed by atoms with E-state index in [0.717, 1.165) is 32.1 Å². The topological polar surface area (TPSA) is 78.9 Å². The maximum atomic E-state index is 12.8. The molecule has 0 heterocycles. The second kappa shape index (κ2) is 12.2. The molecular weight excluding hydrogens is 420 g/mol. The van der Waals surface area contributed by atoms with Crippen molar-refractivity contribution in [2.45, 2.75) is 79.2 Å². The minimum absolute atomic E-state index is 0.132. The van der Waals surface area contributed by atoms with Crippen molar-refractivity contribution in [3.05, 3.63) is 34.8 Å². The number of hydrogen-bond donors (Lipinski definition) is 0. The van der Waals surface area contributed by atoms with Gasteiger partial charge < -0.3 is 14.2 Å². The molecule has 0 amide bonds. The lowest BCUT2D eigenvalue weighted by Crippen LogP contribution is -2.42. The predicted molar refractivity (Wildman–Crippen MR) is 127 cm³/mol. The van der Waals surface area contributed by atoms with Crippen LogP contribution in [-0.4, -0.2) is 37.9 Å². The largest absolute Gasteiger partial charge is 0.493 e. The summed E-state index contributed by atoms with van der Waals surface area (Å²) in [5.74, 6) is 0.393. The van der Waals surface area contributed by atoms with Gasteiger partial charge in [0, 0.05) is 31.1 Å². The quantitative estimate of drug-likeness (QED) is 0.324. The van der Waals surface area contributed by atoms with Crippen molar-refractivity contribution in [1.29, 1.82) is 0 Å². The molecule has 184 valence electrons. The number of carbonyl (C=O) groups is 3. The summed E-state index contributed by atoms with van der Waals surface area (Å²) in [7, 11) is 2.89. The first-order valence-electron chi connectivity index (χ1n) is 12.0. The molecule has 1 fully saturated rings. The summed E-state index contributed by atoms with van der Waals surface area (Å²) in [5, 5.41) is 0. The van der Waals surface area contributed by atoms with Gasteiger partial charge in [0.2, 0.25) is 11.5 Å². The van der Waals surface area contributed by atoms with Gasteiger partial charge in [-0.25, -0.2) is 0 Å². The first kappa shape index (κ1) is 26.9. The summed E-state index contributed by atoms with van der Waals surface area (Å²) in [6, 6.07) is 0. The molecule has 0 saturated heterocycles. The first-order valence-corrected chi connectivity index (χ1v) is 12.0. The van der Waals surface area contributed by atoms with Crippen LogP contribution in [0.4, 0.5) is 0 Å². The van der Waals surface area contributed by atoms with Crippen LogP contribution in [0.25, 0.3) is 0 Å². The van der Waals surface area contributed by atoms with Crippen LogP contribution in [0.2, 0.25) is 0 Å². The van der Waals surface area contributed by atoms with Crippen molar-refractivity contribution in [2.75, 3.05) is 14.2 Å². The van der Waals surface area contributed by atoms with Crippen LogP contribution in [0.3, 0.4) is 0 Å². The zero-order valence-electron chi connectivity index (χ0n) is 21.2. The van der Waals surface area contributed by atoms with Crippen molar-refractivity contribution in [1.82, 2.24) is 0 Å². The number of Topliss-reactive ketones (excluding diaryl/α,β-unsaturated/α-hetero) is 2. The van der Waals surface area contributed by atoms with Crippen molar-refractivity contribution < 1.29 is 28.6 Å². The Kier molecular flexibility index (Phi) is 9.93. The highest BCUT2D eigenvalue weighted by Gasteiger charge is 2.45. The first-order chi connectivity index (χ1) is 15.6. The molecule has 2 rings (SSSR count). The fourth-order valence-electron chi connectivity index (χ4n) is 5.05. The van der Waals surface area contributed by atoms with Gasteiger partial charge in [-0.3, -0.25) is 14.4 Å². The number of ether oxygens (including phenoxy) is 3. The zero-order chi connectivity index (χ0) is 24.7. The van der Waals surface area contributed by atoms with E-state index < -0.39 is 12.1 Å². The molecule has 2 aliphatic carbocycles. The van der Waals surface area contributed by atoms with Crippen LogP contribution in [0, 0.1) is 23.7 Å². The Morgan fingerprint density at radius 3 is 2.27 bits per heavy atom. The van der Waals surface area contributed by atoms with Crippen LogP contribution >= 0.6 is 0 Å². The van der Waals surface area contributed by atoms with E-state index in [-0.39, 0.29) is 35.1 Å². The lowest BCUT2D eigenvalue weighted by atomic mass is 9.77. The van der Waals surface area contributed by atoms with Crippen LogP contribution in [-0.2, 0) is 28.6 Å². The maximum Gasteiger partial charge on any atom is 0.303 e. The Hall–Kier alpha value is -2.37. The average molecular weight is 461 g/mol. The molecule has 33 heavy (non-hydrogen) atoms. The summed E-state index contributed by atoms with van der Waals surface area (Å²) in [6.07, 6.45) is 8.94. The van der Waals surface area contributed by atoms with Crippen LogP contribution in [0.5, 0.6) is 0 Å². The molecule has 0 radical (unpaired) electrons. The molecule has 0 N–H and O–H groups in total. The minimum Gasteiger partial charge on any atom is -0.493 e. The Labute approximate surface area is 198 Å². The van der Waals surface area contributed by atoms with E-state index >= 15 is 0 Å². The second-order valence-corrected chi connectivity index (χ2v) is 9.70. The number of ketones is 2. The van der Waals surface area contributed by atoms with Crippen molar-refractivity contribution in [3.63, 3.8) is 0 Å². The van der Waals surface area contributed by atoms with Gasteiger partial charge >= 0.3 is 5.97 Å². The molecule has 6 heteroatoms. The molecule has 6 nitrogen and oxygen atoms in total. The lowest BCUT2D eigenvalue weighted by molar-refractivity contribution is -0.153. The molecule has 0 spiro atoms. The minimum atomic E-state index is -0.655.